The number of piperazine rings is 1. The highest BCUT2D eigenvalue weighted by atomic mass is 32.2. The van der Waals surface area contributed by atoms with E-state index >= 15 is 0 Å². The second-order valence-electron chi connectivity index (χ2n) is 8.19. The van der Waals surface area contributed by atoms with Crippen molar-refractivity contribution in [1.29, 1.82) is 0 Å². The topological polar surface area (TPSA) is 148 Å². The van der Waals surface area contributed by atoms with Crippen molar-refractivity contribution >= 4 is 27.1 Å². The maximum Gasteiger partial charge on any atom is 0.297 e. The van der Waals surface area contributed by atoms with Crippen LogP contribution < -0.4 is 15.8 Å². The van der Waals surface area contributed by atoms with E-state index in [1.54, 1.807) is 0 Å². The van der Waals surface area contributed by atoms with Gasteiger partial charge in [0.1, 0.15) is 6.61 Å². The number of amides is 1. The van der Waals surface area contributed by atoms with Crippen LogP contribution in [0.2, 0.25) is 0 Å². The van der Waals surface area contributed by atoms with Crippen LogP contribution in [-0.2, 0) is 9.84 Å². The number of sulfone groups is 1. The second-order valence-corrected chi connectivity index (χ2v) is 10.1. The van der Waals surface area contributed by atoms with Crippen molar-refractivity contribution in [2.24, 2.45) is 5.73 Å². The van der Waals surface area contributed by atoms with Crippen LogP contribution in [0.1, 0.15) is 10.4 Å². The quantitative estimate of drug-likeness (QED) is 0.460. The summed E-state index contributed by atoms with van der Waals surface area (Å²) >= 11 is 0. The molecule has 0 bridgehead atoms. The summed E-state index contributed by atoms with van der Waals surface area (Å²) in [6.45, 7) is 4.55. The van der Waals surface area contributed by atoms with Crippen molar-refractivity contribution in [3.63, 3.8) is 0 Å². The van der Waals surface area contributed by atoms with E-state index in [0.29, 0.717) is 6.54 Å². The van der Waals surface area contributed by atoms with E-state index in [0.717, 1.165) is 32.2 Å². The van der Waals surface area contributed by atoms with Gasteiger partial charge in [-0.15, -0.1) is 0 Å². The zero-order valence-corrected chi connectivity index (χ0v) is 18.9. The van der Waals surface area contributed by atoms with E-state index in [-0.39, 0.29) is 39.4 Å². The molecule has 2 aliphatic rings. The maximum atomic E-state index is 13.3. The average Bonchev–Trinajstić information content (AvgIpc) is 2.79. The summed E-state index contributed by atoms with van der Waals surface area (Å²) < 4.78 is 32.3. The molecule has 0 aliphatic carbocycles. The van der Waals surface area contributed by atoms with E-state index in [4.69, 9.17) is 10.5 Å². The number of fused-ring (bicyclic) bond motifs is 1. The van der Waals surface area contributed by atoms with Crippen LogP contribution >= 0.6 is 0 Å². The van der Waals surface area contributed by atoms with Gasteiger partial charge in [0.05, 0.1) is 26.3 Å². The first-order chi connectivity index (χ1) is 15.7. The SMILES string of the molecule is CN1CCN(C[C@@H]2COc3cc(S(=O)(=O)c4ccccc4C(N)=O)cc([N+](=O)[O-])c3N2)CC1. The number of carbonyl (C=O) groups excluding carboxylic acids is 1. The molecule has 0 aromatic heterocycles. The van der Waals surface area contributed by atoms with Crippen LogP contribution in [0, 0.1) is 10.1 Å². The number of hydrogen-bond acceptors (Lipinski definition) is 9. The smallest absolute Gasteiger partial charge is 0.297 e. The molecule has 0 spiro atoms. The van der Waals surface area contributed by atoms with Gasteiger partial charge in [0.15, 0.2) is 11.4 Å². The van der Waals surface area contributed by atoms with Crippen molar-refractivity contribution in [1.82, 2.24) is 9.80 Å². The number of benzene rings is 2. The zero-order valence-electron chi connectivity index (χ0n) is 18.1. The van der Waals surface area contributed by atoms with Gasteiger partial charge in [0.2, 0.25) is 15.7 Å². The molecule has 33 heavy (non-hydrogen) atoms. The molecule has 2 heterocycles. The predicted molar refractivity (Wildman–Crippen MR) is 120 cm³/mol. The minimum absolute atomic E-state index is 0.0777. The lowest BCUT2D eigenvalue weighted by atomic mass is 10.1. The van der Waals surface area contributed by atoms with Crippen molar-refractivity contribution < 1.29 is 22.9 Å². The molecule has 3 N–H and O–H groups in total. The first-order valence-corrected chi connectivity index (χ1v) is 11.9. The molecular weight excluding hydrogens is 450 g/mol. The molecule has 4 rings (SSSR count). The fourth-order valence-corrected chi connectivity index (χ4v) is 5.54. The monoisotopic (exact) mass is 475 g/mol. The fraction of sp³-hybridized carbons (Fsp3) is 0.381. The van der Waals surface area contributed by atoms with Gasteiger partial charge in [-0.2, -0.15) is 0 Å². The average molecular weight is 476 g/mol. The highest BCUT2D eigenvalue weighted by molar-refractivity contribution is 7.91. The molecule has 12 heteroatoms. The Morgan fingerprint density at radius 3 is 2.61 bits per heavy atom. The molecule has 0 radical (unpaired) electrons. The van der Waals surface area contributed by atoms with Gasteiger partial charge >= 0.3 is 0 Å². The molecule has 0 unspecified atom stereocenters. The maximum absolute atomic E-state index is 13.3. The number of primary amides is 1. The van der Waals surface area contributed by atoms with Crippen molar-refractivity contribution in [3.05, 3.63) is 52.1 Å². The lowest BCUT2D eigenvalue weighted by Crippen LogP contribution is -2.50. The summed E-state index contributed by atoms with van der Waals surface area (Å²) in [7, 11) is -2.21. The van der Waals surface area contributed by atoms with E-state index in [1.165, 1.54) is 30.3 Å². The van der Waals surface area contributed by atoms with E-state index in [9.17, 15) is 23.3 Å². The molecule has 1 saturated heterocycles. The standard InChI is InChI=1S/C21H25N5O6S/c1-24-6-8-25(9-7-24)12-14-13-32-18-11-15(10-17(26(28)29)20(18)23-14)33(30,31)19-5-3-2-4-16(19)21(22)27/h2-5,10-11,14,23H,6-9,12-13H2,1H3,(H2,22,27)/t14-/m1/s1. The summed E-state index contributed by atoms with van der Waals surface area (Å²) in [5.74, 6) is -0.833. The van der Waals surface area contributed by atoms with Gasteiger partial charge in [-0.25, -0.2) is 8.42 Å². The summed E-state index contributed by atoms with van der Waals surface area (Å²) in [5, 5.41) is 15.0. The summed E-state index contributed by atoms with van der Waals surface area (Å²) in [4.78, 5) is 26.7. The summed E-state index contributed by atoms with van der Waals surface area (Å²) in [5.41, 5.74) is 4.87. The van der Waals surface area contributed by atoms with Crippen molar-refractivity contribution in [2.45, 2.75) is 15.8 Å². The highest BCUT2D eigenvalue weighted by Crippen LogP contribution is 2.41. The fourth-order valence-electron chi connectivity index (χ4n) is 4.04. The Balaban J connectivity index is 1.66. The molecule has 1 atom stereocenters. The first-order valence-electron chi connectivity index (χ1n) is 10.4. The van der Waals surface area contributed by atoms with Crippen LogP contribution in [0.5, 0.6) is 5.75 Å². The van der Waals surface area contributed by atoms with Crippen molar-refractivity contribution in [3.8, 4) is 5.75 Å². The predicted octanol–water partition coefficient (Wildman–Crippen LogP) is 0.947. The Morgan fingerprint density at radius 1 is 1.24 bits per heavy atom. The Labute approximate surface area is 191 Å². The molecule has 1 amide bonds. The van der Waals surface area contributed by atoms with E-state index in [2.05, 4.69) is 22.2 Å². The number of nitro benzene ring substituents is 1. The van der Waals surface area contributed by atoms with Gasteiger partial charge in [0, 0.05) is 44.9 Å². The summed E-state index contributed by atoms with van der Waals surface area (Å²) in [6, 6.07) is 7.52. The van der Waals surface area contributed by atoms with Crippen molar-refractivity contribution in [2.75, 3.05) is 51.7 Å². The number of anilines is 1. The van der Waals surface area contributed by atoms with Crippen LogP contribution in [-0.4, -0.2) is 81.5 Å². The molecule has 2 aliphatic heterocycles. The molecule has 176 valence electrons. The van der Waals surface area contributed by atoms with Crippen LogP contribution in [0.4, 0.5) is 11.4 Å². The summed E-state index contributed by atoms with van der Waals surface area (Å²) in [6.07, 6.45) is 0. The number of nitrogens with one attached hydrogen (secondary N) is 1. The number of ether oxygens (including phenoxy) is 1. The van der Waals surface area contributed by atoms with Gasteiger partial charge < -0.3 is 20.7 Å². The second kappa shape index (κ2) is 8.96. The van der Waals surface area contributed by atoms with Crippen LogP contribution in [0.3, 0.4) is 0 Å². The number of nitrogens with zero attached hydrogens (tertiary/aromatic N) is 3. The van der Waals surface area contributed by atoms with Gasteiger partial charge in [-0.3, -0.25) is 19.8 Å². The van der Waals surface area contributed by atoms with Gasteiger partial charge in [-0.05, 0) is 19.2 Å². The Kier molecular flexibility index (Phi) is 6.23. The number of likely N-dealkylation sites (N-methyl/N-ethyl adjacent to an activating group) is 1. The molecule has 1 fully saturated rings. The Morgan fingerprint density at radius 2 is 1.94 bits per heavy atom. The van der Waals surface area contributed by atoms with Gasteiger partial charge in [0.25, 0.3) is 5.69 Å². The lowest BCUT2D eigenvalue weighted by molar-refractivity contribution is -0.384. The normalized spacial score (nSPS) is 19.2. The zero-order chi connectivity index (χ0) is 23.8. The highest BCUT2D eigenvalue weighted by Gasteiger charge is 2.33. The minimum atomic E-state index is -4.27. The molecule has 2 aromatic carbocycles. The van der Waals surface area contributed by atoms with E-state index in [1.807, 2.05) is 0 Å². The van der Waals surface area contributed by atoms with Crippen LogP contribution in [0.15, 0.2) is 46.2 Å². The molecule has 2 aromatic rings. The number of rotatable bonds is 6. The molecule has 11 nitrogen and oxygen atoms in total. The third kappa shape index (κ3) is 4.63. The minimum Gasteiger partial charge on any atom is -0.489 e. The third-order valence-electron chi connectivity index (χ3n) is 5.87. The Bertz CT molecular complexity index is 1190. The number of nitro groups is 1. The third-order valence-corrected chi connectivity index (χ3v) is 7.66. The van der Waals surface area contributed by atoms with Crippen LogP contribution in [0.25, 0.3) is 0 Å². The lowest BCUT2D eigenvalue weighted by Gasteiger charge is -2.36. The number of hydrogen-bond donors (Lipinski definition) is 2. The van der Waals surface area contributed by atoms with E-state index < -0.39 is 26.4 Å². The Hall–Kier alpha value is -3.22. The van der Waals surface area contributed by atoms with Gasteiger partial charge in [-0.1, -0.05) is 12.1 Å². The molecule has 0 saturated carbocycles. The number of nitrogens with two attached hydrogens (primary N) is 1. The molecular formula is C21H25N5O6S. The first kappa shape index (κ1) is 23.0. The number of carbonyl (C=O) groups is 1. The largest absolute Gasteiger partial charge is 0.489 e.